The van der Waals surface area contributed by atoms with E-state index in [-0.39, 0.29) is 18.3 Å². The summed E-state index contributed by atoms with van der Waals surface area (Å²) in [5, 5.41) is 0. The average Bonchev–Trinajstić information content (AvgIpc) is 3.12. The van der Waals surface area contributed by atoms with E-state index in [0.29, 0.717) is 18.8 Å². The minimum Gasteiger partial charge on any atom is -0.469 e. The highest BCUT2D eigenvalue weighted by atomic mass is 16.5. The van der Waals surface area contributed by atoms with Crippen molar-refractivity contribution in [1.82, 2.24) is 9.80 Å². The van der Waals surface area contributed by atoms with Gasteiger partial charge in [-0.15, -0.1) is 0 Å². The molecule has 1 aromatic rings. The van der Waals surface area contributed by atoms with Crippen LogP contribution in [-0.4, -0.2) is 74.7 Å². The molecule has 0 unspecified atom stereocenters. The molecular weight excluding hydrogens is 300 g/mol. The summed E-state index contributed by atoms with van der Waals surface area (Å²) in [5.41, 5.74) is 0. The molecule has 1 fully saturated rings. The second-order valence-corrected chi connectivity index (χ2v) is 5.40. The van der Waals surface area contributed by atoms with Crippen LogP contribution in [0.5, 0.6) is 0 Å². The highest BCUT2D eigenvalue weighted by molar-refractivity contribution is 5.91. The molecule has 0 N–H and O–H groups in total. The van der Waals surface area contributed by atoms with Crippen LogP contribution in [0.1, 0.15) is 23.4 Å². The summed E-state index contributed by atoms with van der Waals surface area (Å²) in [6.07, 6.45) is 2.49. The Labute approximate surface area is 136 Å². The van der Waals surface area contributed by atoms with Gasteiger partial charge in [0.05, 0.1) is 33.0 Å². The van der Waals surface area contributed by atoms with Gasteiger partial charge >= 0.3 is 5.97 Å². The maximum absolute atomic E-state index is 12.4. The van der Waals surface area contributed by atoms with Gasteiger partial charge in [0.15, 0.2) is 5.76 Å². The summed E-state index contributed by atoms with van der Waals surface area (Å²) in [6, 6.07) is 3.31. The molecule has 7 nitrogen and oxygen atoms in total. The Morgan fingerprint density at radius 1 is 1.30 bits per heavy atom. The molecule has 1 saturated heterocycles. The van der Waals surface area contributed by atoms with Crippen molar-refractivity contribution >= 4 is 11.9 Å². The first kappa shape index (κ1) is 17.5. The topological polar surface area (TPSA) is 72.2 Å². The molecule has 1 aromatic heterocycles. The van der Waals surface area contributed by atoms with Crippen molar-refractivity contribution in [2.45, 2.75) is 12.8 Å². The first-order valence-corrected chi connectivity index (χ1v) is 7.90. The molecule has 0 saturated carbocycles. The van der Waals surface area contributed by atoms with Crippen molar-refractivity contribution < 1.29 is 23.5 Å². The Bertz CT molecular complexity index is 483. The van der Waals surface area contributed by atoms with E-state index in [0.717, 1.165) is 39.3 Å². The quantitative estimate of drug-likeness (QED) is 0.665. The van der Waals surface area contributed by atoms with Gasteiger partial charge in [-0.05, 0) is 18.6 Å². The molecule has 2 heterocycles. The number of morpholine rings is 1. The molecule has 1 aliphatic heterocycles. The SMILES string of the molecule is COC(=O)CCN(CCCN1CCOCC1)C(=O)c1ccco1. The normalized spacial score (nSPS) is 15.3. The van der Waals surface area contributed by atoms with Gasteiger partial charge in [0, 0.05) is 32.7 Å². The molecule has 0 spiro atoms. The summed E-state index contributed by atoms with van der Waals surface area (Å²) >= 11 is 0. The maximum atomic E-state index is 12.4. The van der Waals surface area contributed by atoms with Crippen molar-refractivity contribution in [2.24, 2.45) is 0 Å². The van der Waals surface area contributed by atoms with Crippen LogP contribution in [0.4, 0.5) is 0 Å². The van der Waals surface area contributed by atoms with Crippen LogP contribution in [0.25, 0.3) is 0 Å². The molecule has 128 valence electrons. The summed E-state index contributed by atoms with van der Waals surface area (Å²) in [7, 11) is 1.35. The number of hydrogen-bond donors (Lipinski definition) is 0. The second-order valence-electron chi connectivity index (χ2n) is 5.40. The summed E-state index contributed by atoms with van der Waals surface area (Å²) < 4.78 is 15.1. The van der Waals surface area contributed by atoms with Gasteiger partial charge in [-0.3, -0.25) is 14.5 Å². The van der Waals surface area contributed by atoms with Crippen LogP contribution in [0, 0.1) is 0 Å². The van der Waals surface area contributed by atoms with Crippen LogP contribution in [0.15, 0.2) is 22.8 Å². The Balaban J connectivity index is 1.84. The van der Waals surface area contributed by atoms with E-state index in [1.807, 2.05) is 0 Å². The number of carbonyl (C=O) groups is 2. The first-order valence-electron chi connectivity index (χ1n) is 7.90. The number of hydrogen-bond acceptors (Lipinski definition) is 6. The van der Waals surface area contributed by atoms with Gasteiger partial charge in [-0.25, -0.2) is 0 Å². The maximum Gasteiger partial charge on any atom is 0.307 e. The average molecular weight is 324 g/mol. The third-order valence-electron chi connectivity index (χ3n) is 3.84. The predicted molar refractivity (Wildman–Crippen MR) is 83.1 cm³/mol. The van der Waals surface area contributed by atoms with Crippen LogP contribution < -0.4 is 0 Å². The van der Waals surface area contributed by atoms with E-state index in [1.54, 1.807) is 17.0 Å². The fourth-order valence-corrected chi connectivity index (χ4v) is 2.51. The Kier molecular flexibility index (Phi) is 7.09. The van der Waals surface area contributed by atoms with Gasteiger partial charge in [0.25, 0.3) is 5.91 Å². The van der Waals surface area contributed by atoms with Crippen molar-refractivity contribution in [2.75, 3.05) is 53.0 Å². The van der Waals surface area contributed by atoms with Gasteiger partial charge in [0.1, 0.15) is 0 Å². The van der Waals surface area contributed by atoms with Crippen LogP contribution in [-0.2, 0) is 14.3 Å². The number of furan rings is 1. The minimum atomic E-state index is -0.324. The van der Waals surface area contributed by atoms with Crippen molar-refractivity contribution in [3.8, 4) is 0 Å². The van der Waals surface area contributed by atoms with Crippen LogP contribution >= 0.6 is 0 Å². The Hall–Kier alpha value is -1.86. The molecule has 0 aliphatic carbocycles. The third kappa shape index (κ3) is 5.69. The number of rotatable bonds is 8. The molecule has 1 aliphatic rings. The smallest absolute Gasteiger partial charge is 0.307 e. The lowest BCUT2D eigenvalue weighted by atomic mass is 10.2. The van der Waals surface area contributed by atoms with E-state index in [4.69, 9.17) is 9.15 Å². The standard InChI is InChI=1S/C16H24N2O5/c1-21-15(19)5-8-18(16(20)14-4-2-11-23-14)7-3-6-17-9-12-22-13-10-17/h2,4,11H,3,5-10,12-13H2,1H3. The number of methoxy groups -OCH3 is 1. The second kappa shape index (κ2) is 9.32. The summed E-state index contributed by atoms with van der Waals surface area (Å²) in [4.78, 5) is 27.7. The van der Waals surface area contributed by atoms with Gasteiger partial charge in [-0.2, -0.15) is 0 Å². The van der Waals surface area contributed by atoms with E-state index in [2.05, 4.69) is 9.64 Å². The zero-order chi connectivity index (χ0) is 16.5. The number of amides is 1. The van der Waals surface area contributed by atoms with Crippen molar-refractivity contribution in [3.63, 3.8) is 0 Å². The van der Waals surface area contributed by atoms with Crippen molar-refractivity contribution in [3.05, 3.63) is 24.2 Å². The first-order chi connectivity index (χ1) is 11.2. The molecule has 0 bridgehead atoms. The monoisotopic (exact) mass is 324 g/mol. The lowest BCUT2D eigenvalue weighted by Crippen LogP contribution is -2.39. The van der Waals surface area contributed by atoms with Crippen LogP contribution in [0.2, 0.25) is 0 Å². The highest BCUT2D eigenvalue weighted by Gasteiger charge is 2.19. The van der Waals surface area contributed by atoms with Gasteiger partial charge < -0.3 is 18.8 Å². The Morgan fingerprint density at radius 2 is 2.09 bits per heavy atom. The highest BCUT2D eigenvalue weighted by Crippen LogP contribution is 2.08. The molecule has 1 amide bonds. The fraction of sp³-hybridized carbons (Fsp3) is 0.625. The predicted octanol–water partition coefficient (Wildman–Crippen LogP) is 1.01. The third-order valence-corrected chi connectivity index (χ3v) is 3.84. The van der Waals surface area contributed by atoms with E-state index < -0.39 is 0 Å². The van der Waals surface area contributed by atoms with E-state index in [9.17, 15) is 9.59 Å². The molecule has 0 radical (unpaired) electrons. The zero-order valence-corrected chi connectivity index (χ0v) is 13.5. The van der Waals surface area contributed by atoms with Crippen LogP contribution in [0.3, 0.4) is 0 Å². The molecule has 0 aromatic carbocycles. The Morgan fingerprint density at radius 3 is 2.74 bits per heavy atom. The lowest BCUT2D eigenvalue weighted by Gasteiger charge is -2.28. The summed E-state index contributed by atoms with van der Waals surface area (Å²) in [6.45, 7) is 5.18. The molecule has 7 heteroatoms. The van der Waals surface area contributed by atoms with Crippen molar-refractivity contribution in [1.29, 1.82) is 0 Å². The zero-order valence-electron chi connectivity index (χ0n) is 13.5. The fourth-order valence-electron chi connectivity index (χ4n) is 2.51. The van der Waals surface area contributed by atoms with E-state index >= 15 is 0 Å². The molecule has 0 atom stereocenters. The molecule has 23 heavy (non-hydrogen) atoms. The van der Waals surface area contributed by atoms with Gasteiger partial charge in [-0.1, -0.05) is 0 Å². The largest absolute Gasteiger partial charge is 0.469 e. The summed E-state index contributed by atoms with van der Waals surface area (Å²) in [5.74, 6) is -0.224. The van der Waals surface area contributed by atoms with E-state index in [1.165, 1.54) is 13.4 Å². The van der Waals surface area contributed by atoms with Gasteiger partial charge in [0.2, 0.25) is 0 Å². The molecule has 2 rings (SSSR count). The number of nitrogens with zero attached hydrogens (tertiary/aromatic N) is 2. The number of esters is 1. The molecular formula is C16H24N2O5. The number of carbonyl (C=O) groups excluding carboxylic acids is 2. The minimum absolute atomic E-state index is 0.181. The lowest BCUT2D eigenvalue weighted by molar-refractivity contribution is -0.140. The number of ether oxygens (including phenoxy) is 2.